The van der Waals surface area contributed by atoms with Crippen molar-refractivity contribution in [1.29, 1.82) is 0 Å². The molecule has 6 nitrogen and oxygen atoms in total. The molecule has 5 rings (SSSR count). The Labute approximate surface area is 174 Å². The first-order valence-corrected chi connectivity index (χ1v) is 9.35. The van der Waals surface area contributed by atoms with Crippen LogP contribution in [0.4, 0.5) is 30.4 Å². The predicted octanol–water partition coefficient (Wildman–Crippen LogP) is 5.29. The molecule has 0 radical (unpaired) electrons. The molecule has 2 heterocycles. The molecule has 0 spiro atoms. The fourth-order valence-corrected chi connectivity index (χ4v) is 3.47. The van der Waals surface area contributed by atoms with Crippen LogP contribution in [0.3, 0.4) is 0 Å². The minimum absolute atomic E-state index is 0.00836. The predicted molar refractivity (Wildman–Crippen MR) is 113 cm³/mol. The number of anilines is 3. The molecule has 0 fully saturated rings. The molecule has 0 atom stereocenters. The van der Waals surface area contributed by atoms with Gasteiger partial charge >= 0.3 is 6.18 Å². The van der Waals surface area contributed by atoms with E-state index in [0.29, 0.717) is 22.5 Å². The van der Waals surface area contributed by atoms with Crippen LogP contribution < -0.4 is 11.1 Å². The van der Waals surface area contributed by atoms with Gasteiger partial charge in [-0.1, -0.05) is 42.5 Å². The zero-order valence-electron chi connectivity index (χ0n) is 15.9. The van der Waals surface area contributed by atoms with Crippen molar-refractivity contribution >= 4 is 33.6 Å². The van der Waals surface area contributed by atoms with Crippen molar-refractivity contribution in [3.63, 3.8) is 0 Å². The Morgan fingerprint density at radius 2 is 1.48 bits per heavy atom. The lowest BCUT2D eigenvalue weighted by Crippen LogP contribution is -2.09. The highest BCUT2D eigenvalue weighted by Crippen LogP contribution is 2.37. The number of alkyl halides is 3. The van der Waals surface area contributed by atoms with E-state index in [1.807, 2.05) is 24.3 Å². The Morgan fingerprint density at radius 3 is 2.23 bits per heavy atom. The molecule has 3 N–H and O–H groups in total. The standard InChI is InChI=1S/C22H15F3N6/c23-22(24,25)18-8-4-3-7-17(18)21-29-28-20-16-6-2-1-5-15(16)19(30-31(20)21)27-14-11-9-13(26)10-12-14/h1-12H,26H2,(H,27,30). The van der Waals surface area contributed by atoms with Crippen LogP contribution in [-0.4, -0.2) is 19.8 Å². The minimum Gasteiger partial charge on any atom is -0.399 e. The summed E-state index contributed by atoms with van der Waals surface area (Å²) in [5.74, 6) is 0.465. The average Bonchev–Trinajstić information content (AvgIpc) is 3.19. The Balaban J connectivity index is 1.75. The van der Waals surface area contributed by atoms with Crippen molar-refractivity contribution in [2.45, 2.75) is 6.18 Å². The van der Waals surface area contributed by atoms with E-state index in [1.54, 1.807) is 24.3 Å². The number of nitrogens with two attached hydrogens (primary N) is 1. The van der Waals surface area contributed by atoms with Crippen LogP contribution in [-0.2, 0) is 6.18 Å². The van der Waals surface area contributed by atoms with Gasteiger partial charge in [0.05, 0.1) is 5.56 Å². The molecule has 0 aliphatic heterocycles. The van der Waals surface area contributed by atoms with Gasteiger partial charge < -0.3 is 11.1 Å². The summed E-state index contributed by atoms with van der Waals surface area (Å²) in [6, 6.07) is 19.7. The number of hydrogen-bond acceptors (Lipinski definition) is 5. The maximum atomic E-state index is 13.6. The molecule has 5 aromatic rings. The summed E-state index contributed by atoms with van der Waals surface area (Å²) in [4.78, 5) is 0. The van der Waals surface area contributed by atoms with Crippen molar-refractivity contribution in [2.75, 3.05) is 11.1 Å². The van der Waals surface area contributed by atoms with Crippen LogP contribution in [0.25, 0.3) is 27.8 Å². The lowest BCUT2D eigenvalue weighted by molar-refractivity contribution is -0.137. The summed E-state index contributed by atoms with van der Waals surface area (Å²) >= 11 is 0. The fourth-order valence-electron chi connectivity index (χ4n) is 3.47. The van der Waals surface area contributed by atoms with Gasteiger partial charge in [-0.2, -0.15) is 17.7 Å². The highest BCUT2D eigenvalue weighted by Gasteiger charge is 2.34. The molecule has 0 amide bonds. The third kappa shape index (κ3) is 3.29. The van der Waals surface area contributed by atoms with Crippen molar-refractivity contribution in [3.8, 4) is 11.4 Å². The zero-order valence-corrected chi connectivity index (χ0v) is 15.9. The van der Waals surface area contributed by atoms with Crippen molar-refractivity contribution < 1.29 is 13.2 Å². The molecule has 2 aromatic heterocycles. The van der Waals surface area contributed by atoms with Crippen LogP contribution >= 0.6 is 0 Å². The second-order valence-electron chi connectivity index (χ2n) is 6.94. The first-order valence-electron chi connectivity index (χ1n) is 9.35. The molecule has 0 unspecified atom stereocenters. The number of benzene rings is 3. The second kappa shape index (κ2) is 6.98. The molecule has 154 valence electrons. The molecule has 0 bridgehead atoms. The zero-order chi connectivity index (χ0) is 21.6. The van der Waals surface area contributed by atoms with E-state index >= 15 is 0 Å². The van der Waals surface area contributed by atoms with E-state index in [0.717, 1.165) is 17.1 Å². The van der Waals surface area contributed by atoms with Gasteiger partial charge in [-0.05, 0) is 30.3 Å². The molecular formula is C22H15F3N6. The largest absolute Gasteiger partial charge is 0.417 e. The smallest absolute Gasteiger partial charge is 0.399 e. The second-order valence-corrected chi connectivity index (χ2v) is 6.94. The quantitative estimate of drug-likeness (QED) is 0.388. The monoisotopic (exact) mass is 420 g/mol. The Kier molecular flexibility index (Phi) is 4.25. The van der Waals surface area contributed by atoms with Crippen LogP contribution in [0.1, 0.15) is 5.56 Å². The number of nitrogens with one attached hydrogen (secondary N) is 1. The first-order chi connectivity index (χ1) is 14.9. The summed E-state index contributed by atoms with van der Waals surface area (Å²) < 4.78 is 42.1. The van der Waals surface area contributed by atoms with Crippen LogP contribution in [0.5, 0.6) is 0 Å². The number of nitrogens with zero attached hydrogens (tertiary/aromatic N) is 4. The van der Waals surface area contributed by atoms with Crippen molar-refractivity contribution in [1.82, 2.24) is 19.8 Å². The van der Waals surface area contributed by atoms with E-state index < -0.39 is 11.7 Å². The normalized spacial score (nSPS) is 11.8. The Hall–Kier alpha value is -4.14. The number of hydrogen-bond donors (Lipinski definition) is 2. The van der Waals surface area contributed by atoms with Gasteiger partial charge in [-0.15, -0.1) is 15.3 Å². The number of fused-ring (bicyclic) bond motifs is 3. The lowest BCUT2D eigenvalue weighted by Gasteiger charge is -2.13. The molecule has 0 saturated heterocycles. The summed E-state index contributed by atoms with van der Waals surface area (Å²) in [6.45, 7) is 0. The third-order valence-electron chi connectivity index (χ3n) is 4.91. The number of rotatable bonds is 3. The van der Waals surface area contributed by atoms with E-state index in [2.05, 4.69) is 20.6 Å². The van der Waals surface area contributed by atoms with E-state index in [4.69, 9.17) is 5.73 Å². The van der Waals surface area contributed by atoms with E-state index in [-0.39, 0.29) is 11.4 Å². The van der Waals surface area contributed by atoms with Crippen molar-refractivity contribution in [2.24, 2.45) is 0 Å². The Bertz CT molecular complexity index is 1410. The van der Waals surface area contributed by atoms with Crippen LogP contribution in [0, 0.1) is 0 Å². The maximum absolute atomic E-state index is 13.6. The summed E-state index contributed by atoms with van der Waals surface area (Å²) in [6.07, 6.45) is -4.54. The van der Waals surface area contributed by atoms with E-state index in [9.17, 15) is 13.2 Å². The minimum atomic E-state index is -4.54. The molecule has 0 aliphatic rings. The number of nitrogen functional groups attached to an aromatic ring is 1. The van der Waals surface area contributed by atoms with Crippen molar-refractivity contribution in [3.05, 3.63) is 78.4 Å². The molecule has 9 heteroatoms. The van der Waals surface area contributed by atoms with Crippen LogP contribution in [0.2, 0.25) is 0 Å². The number of aromatic nitrogens is 4. The Morgan fingerprint density at radius 1 is 0.806 bits per heavy atom. The van der Waals surface area contributed by atoms with Gasteiger partial charge in [0.2, 0.25) is 0 Å². The number of halogens is 3. The lowest BCUT2D eigenvalue weighted by atomic mass is 10.1. The summed E-state index contributed by atoms with van der Waals surface area (Å²) in [5, 5.41) is 17.4. The fraction of sp³-hybridized carbons (Fsp3) is 0.0455. The van der Waals surface area contributed by atoms with E-state index in [1.165, 1.54) is 22.7 Å². The SMILES string of the molecule is Nc1ccc(Nc2nn3c(-c4ccccc4C(F)(F)F)nnc3c3ccccc23)cc1. The topological polar surface area (TPSA) is 81.1 Å². The highest BCUT2D eigenvalue weighted by atomic mass is 19.4. The molecular weight excluding hydrogens is 405 g/mol. The first kappa shape index (κ1) is 18.9. The molecule has 0 saturated carbocycles. The van der Waals surface area contributed by atoms with Gasteiger partial charge in [-0.3, -0.25) is 0 Å². The molecule has 31 heavy (non-hydrogen) atoms. The van der Waals surface area contributed by atoms with Gasteiger partial charge in [0.15, 0.2) is 17.3 Å². The average molecular weight is 420 g/mol. The summed E-state index contributed by atoms with van der Waals surface area (Å²) in [5.41, 5.74) is 6.57. The van der Waals surface area contributed by atoms with Gasteiger partial charge in [-0.25, -0.2) is 0 Å². The van der Waals surface area contributed by atoms with Gasteiger partial charge in [0.1, 0.15) is 0 Å². The molecule has 0 aliphatic carbocycles. The van der Waals surface area contributed by atoms with Crippen LogP contribution in [0.15, 0.2) is 72.8 Å². The molecule has 3 aromatic carbocycles. The highest BCUT2D eigenvalue weighted by molar-refractivity contribution is 6.01. The van der Waals surface area contributed by atoms with Gasteiger partial charge in [0, 0.05) is 27.7 Å². The third-order valence-corrected chi connectivity index (χ3v) is 4.91. The van der Waals surface area contributed by atoms with Gasteiger partial charge in [0.25, 0.3) is 0 Å². The maximum Gasteiger partial charge on any atom is 0.417 e. The summed E-state index contributed by atoms with van der Waals surface area (Å²) in [7, 11) is 0.